The number of rotatable bonds is 5. The Hall–Kier alpha value is -1.06. The smallest absolute Gasteiger partial charge is 0.0750 e. The van der Waals surface area contributed by atoms with Crippen molar-refractivity contribution in [1.29, 1.82) is 0 Å². The lowest BCUT2D eigenvalue weighted by Crippen LogP contribution is -2.36. The predicted molar refractivity (Wildman–Crippen MR) is 83.3 cm³/mol. The van der Waals surface area contributed by atoms with Crippen molar-refractivity contribution in [2.75, 3.05) is 18.6 Å². The Balaban J connectivity index is 1.68. The van der Waals surface area contributed by atoms with Gasteiger partial charge in [0.1, 0.15) is 0 Å². The minimum atomic E-state index is 0.330. The second-order valence-electron chi connectivity index (χ2n) is 6.31. The molecule has 3 nitrogen and oxygen atoms in total. The van der Waals surface area contributed by atoms with E-state index >= 15 is 0 Å². The first-order chi connectivity index (χ1) is 9.65. The number of nitrogens with zero attached hydrogens (tertiary/aromatic N) is 1. The molecule has 3 heteroatoms. The molecule has 110 valence electrons. The van der Waals surface area contributed by atoms with Gasteiger partial charge in [0.2, 0.25) is 0 Å². The van der Waals surface area contributed by atoms with E-state index in [0.717, 1.165) is 25.6 Å². The Bertz CT molecular complexity index is 470. The van der Waals surface area contributed by atoms with E-state index in [9.17, 15) is 0 Å². The van der Waals surface area contributed by atoms with Crippen molar-refractivity contribution in [3.05, 3.63) is 29.3 Å². The minimum Gasteiger partial charge on any atom is -0.376 e. The van der Waals surface area contributed by atoms with Crippen molar-refractivity contribution in [2.45, 2.75) is 57.8 Å². The lowest BCUT2D eigenvalue weighted by Gasteiger charge is -2.29. The molecule has 3 rings (SSSR count). The molecule has 1 saturated heterocycles. The summed E-state index contributed by atoms with van der Waals surface area (Å²) in [4.78, 5) is 2.38. The topological polar surface area (TPSA) is 24.5 Å². The van der Waals surface area contributed by atoms with E-state index in [-0.39, 0.29) is 0 Å². The molecule has 1 heterocycles. The molecule has 1 aliphatic carbocycles. The molecular weight excluding hydrogens is 248 g/mol. The minimum absolute atomic E-state index is 0.330. The quantitative estimate of drug-likeness (QED) is 0.893. The first-order valence-corrected chi connectivity index (χ1v) is 7.82. The summed E-state index contributed by atoms with van der Waals surface area (Å²) in [6.07, 6.45) is 4.15. The van der Waals surface area contributed by atoms with Crippen LogP contribution in [0.25, 0.3) is 0 Å². The van der Waals surface area contributed by atoms with E-state index in [0.29, 0.717) is 12.1 Å². The van der Waals surface area contributed by atoms with E-state index in [1.165, 1.54) is 29.7 Å². The highest BCUT2D eigenvalue weighted by Crippen LogP contribution is 2.26. The van der Waals surface area contributed by atoms with Crippen LogP contribution in [0.5, 0.6) is 0 Å². The lowest BCUT2D eigenvalue weighted by atomic mass is 10.0. The highest BCUT2D eigenvalue weighted by molar-refractivity contribution is 5.51. The number of benzene rings is 1. The largest absolute Gasteiger partial charge is 0.376 e. The number of ether oxygens (including phenoxy) is 1. The number of nitrogens with one attached hydrogen (secondary N) is 1. The van der Waals surface area contributed by atoms with Crippen molar-refractivity contribution in [3.8, 4) is 0 Å². The maximum Gasteiger partial charge on any atom is 0.0750 e. The van der Waals surface area contributed by atoms with Crippen LogP contribution >= 0.6 is 0 Å². The van der Waals surface area contributed by atoms with Gasteiger partial charge in [0.05, 0.1) is 12.1 Å². The maximum absolute atomic E-state index is 5.68. The molecule has 0 amide bonds. The summed E-state index contributed by atoms with van der Waals surface area (Å²) in [5, 5.41) is 3.59. The van der Waals surface area contributed by atoms with Gasteiger partial charge < -0.3 is 15.0 Å². The highest BCUT2D eigenvalue weighted by atomic mass is 16.5. The zero-order chi connectivity index (χ0) is 14.1. The third kappa shape index (κ3) is 2.99. The van der Waals surface area contributed by atoms with Crippen LogP contribution in [0, 0.1) is 6.92 Å². The van der Waals surface area contributed by atoms with Gasteiger partial charge in [-0.2, -0.15) is 0 Å². The molecule has 0 radical (unpaired) electrons. The molecule has 2 aliphatic rings. The van der Waals surface area contributed by atoms with E-state index in [1.54, 1.807) is 0 Å². The van der Waals surface area contributed by atoms with Crippen molar-refractivity contribution < 1.29 is 4.74 Å². The van der Waals surface area contributed by atoms with Gasteiger partial charge in [-0.25, -0.2) is 0 Å². The van der Waals surface area contributed by atoms with Gasteiger partial charge in [-0.05, 0) is 56.4 Å². The number of hydrogen-bond acceptors (Lipinski definition) is 3. The molecule has 1 aromatic carbocycles. The van der Waals surface area contributed by atoms with Crippen molar-refractivity contribution >= 4 is 5.69 Å². The van der Waals surface area contributed by atoms with E-state index < -0.39 is 0 Å². The van der Waals surface area contributed by atoms with Crippen molar-refractivity contribution in [1.82, 2.24) is 5.32 Å². The summed E-state index contributed by atoms with van der Waals surface area (Å²) >= 11 is 0. The fraction of sp³-hybridized carbons (Fsp3) is 0.647. The molecular formula is C17H26N2O. The Morgan fingerprint density at radius 1 is 1.30 bits per heavy atom. The third-order valence-electron chi connectivity index (χ3n) is 4.73. The van der Waals surface area contributed by atoms with Crippen LogP contribution in [-0.4, -0.2) is 31.8 Å². The normalized spacial score (nSPS) is 25.9. The Morgan fingerprint density at radius 3 is 2.70 bits per heavy atom. The first kappa shape index (κ1) is 13.9. The van der Waals surface area contributed by atoms with Gasteiger partial charge in [-0.1, -0.05) is 6.07 Å². The molecule has 1 aromatic rings. The number of aryl methyl sites for hydroxylation is 1. The van der Waals surface area contributed by atoms with Gasteiger partial charge in [0.25, 0.3) is 0 Å². The number of likely N-dealkylation sites (N-methyl/N-ethyl adjacent to an activating group) is 1. The van der Waals surface area contributed by atoms with E-state index in [4.69, 9.17) is 4.74 Å². The summed E-state index contributed by atoms with van der Waals surface area (Å²) in [6, 6.07) is 8.12. The molecule has 2 atom stereocenters. The molecule has 1 saturated carbocycles. The van der Waals surface area contributed by atoms with Crippen LogP contribution in [0.2, 0.25) is 0 Å². The number of anilines is 1. The van der Waals surface area contributed by atoms with Gasteiger partial charge >= 0.3 is 0 Å². The molecule has 0 aromatic heterocycles. The van der Waals surface area contributed by atoms with Crippen molar-refractivity contribution in [2.24, 2.45) is 0 Å². The molecule has 1 N–H and O–H groups in total. The highest BCUT2D eigenvalue weighted by Gasteiger charge is 2.28. The molecule has 1 aliphatic heterocycles. The third-order valence-corrected chi connectivity index (χ3v) is 4.73. The van der Waals surface area contributed by atoms with Crippen LogP contribution in [0.1, 0.15) is 37.3 Å². The van der Waals surface area contributed by atoms with Crippen LogP contribution in [0.3, 0.4) is 0 Å². The second-order valence-corrected chi connectivity index (χ2v) is 6.31. The average Bonchev–Trinajstić information content (AvgIpc) is 3.17. The molecule has 20 heavy (non-hydrogen) atoms. The maximum atomic E-state index is 5.68. The summed E-state index contributed by atoms with van der Waals surface area (Å²) in [6.45, 7) is 6.28. The van der Waals surface area contributed by atoms with Crippen LogP contribution < -0.4 is 10.2 Å². The van der Waals surface area contributed by atoms with Gasteiger partial charge in [0.15, 0.2) is 0 Å². The summed E-state index contributed by atoms with van der Waals surface area (Å²) in [5.74, 6) is 0. The molecule has 0 spiro atoms. The Labute approximate surface area is 122 Å². The van der Waals surface area contributed by atoms with E-state index in [1.807, 2.05) is 0 Å². The SMILES string of the molecule is Cc1cc(N(C)C2CCOC2C)ccc1CNC1CC1. The van der Waals surface area contributed by atoms with E-state index in [2.05, 4.69) is 49.3 Å². The zero-order valence-corrected chi connectivity index (χ0v) is 12.9. The molecule has 2 fully saturated rings. The molecule has 2 unspecified atom stereocenters. The Morgan fingerprint density at radius 2 is 2.10 bits per heavy atom. The average molecular weight is 274 g/mol. The zero-order valence-electron chi connectivity index (χ0n) is 12.9. The fourth-order valence-electron chi connectivity index (χ4n) is 3.06. The number of hydrogen-bond donors (Lipinski definition) is 1. The Kier molecular flexibility index (Phi) is 3.99. The van der Waals surface area contributed by atoms with Gasteiger partial charge in [-0.3, -0.25) is 0 Å². The van der Waals surface area contributed by atoms with Gasteiger partial charge in [0, 0.05) is 31.9 Å². The lowest BCUT2D eigenvalue weighted by molar-refractivity contribution is 0.118. The summed E-state index contributed by atoms with van der Waals surface area (Å²) in [5.41, 5.74) is 4.11. The van der Waals surface area contributed by atoms with Crippen molar-refractivity contribution in [3.63, 3.8) is 0 Å². The predicted octanol–water partition coefficient (Wildman–Crippen LogP) is 2.86. The monoisotopic (exact) mass is 274 g/mol. The summed E-state index contributed by atoms with van der Waals surface area (Å²) in [7, 11) is 2.19. The van der Waals surface area contributed by atoms with Crippen LogP contribution in [0.4, 0.5) is 5.69 Å². The van der Waals surface area contributed by atoms with Crippen LogP contribution in [-0.2, 0) is 11.3 Å². The molecule has 0 bridgehead atoms. The second kappa shape index (κ2) is 5.74. The summed E-state index contributed by atoms with van der Waals surface area (Å²) < 4.78 is 5.68. The van der Waals surface area contributed by atoms with Crippen LogP contribution in [0.15, 0.2) is 18.2 Å². The first-order valence-electron chi connectivity index (χ1n) is 7.82. The fourth-order valence-corrected chi connectivity index (χ4v) is 3.06. The standard InChI is InChI=1S/C17H26N2O/c1-12-10-16(19(3)17-8-9-20-13(17)2)7-4-14(12)11-18-15-5-6-15/h4,7,10,13,15,17-18H,5-6,8-9,11H2,1-3H3. The van der Waals surface area contributed by atoms with Gasteiger partial charge in [-0.15, -0.1) is 0 Å².